The second kappa shape index (κ2) is 12.7. The minimum absolute atomic E-state index is 0.150. The van der Waals surface area contributed by atoms with Crippen molar-refractivity contribution in [2.75, 3.05) is 6.54 Å². The predicted octanol–water partition coefficient (Wildman–Crippen LogP) is 2.51. The zero-order valence-corrected chi connectivity index (χ0v) is 20.1. The number of carbonyl (C=O) groups excluding carboxylic acids is 3. The number of hydrogen-bond donors (Lipinski definition) is 5. The third-order valence-electron chi connectivity index (χ3n) is 5.82. The van der Waals surface area contributed by atoms with E-state index >= 15 is 0 Å². The Morgan fingerprint density at radius 2 is 1.83 bits per heavy atom. The van der Waals surface area contributed by atoms with Crippen molar-refractivity contribution in [2.24, 2.45) is 11.8 Å². The minimum atomic E-state index is -0.836. The van der Waals surface area contributed by atoms with Crippen molar-refractivity contribution in [2.45, 2.75) is 45.6 Å². The first kappa shape index (κ1) is 25.9. The van der Waals surface area contributed by atoms with Gasteiger partial charge in [0.05, 0.1) is 0 Å². The highest BCUT2D eigenvalue weighted by Crippen LogP contribution is 2.20. The Morgan fingerprint density at radius 1 is 1.06 bits per heavy atom. The maximum atomic E-state index is 13.2. The number of nitrogens with one attached hydrogen (secondary N) is 4. The molecule has 9 nitrogen and oxygen atoms in total. The van der Waals surface area contributed by atoms with E-state index in [0.717, 1.165) is 22.2 Å². The van der Waals surface area contributed by atoms with Crippen molar-refractivity contribution >= 4 is 28.6 Å². The highest BCUT2D eigenvalue weighted by atomic mass is 16.5. The van der Waals surface area contributed by atoms with E-state index < -0.39 is 23.8 Å². The molecule has 0 saturated carbocycles. The van der Waals surface area contributed by atoms with Crippen LogP contribution in [0, 0.1) is 11.8 Å². The van der Waals surface area contributed by atoms with Gasteiger partial charge in [-0.1, -0.05) is 38.1 Å². The number of carbonyl (C=O) groups is 3. The van der Waals surface area contributed by atoms with Crippen molar-refractivity contribution in [1.29, 1.82) is 0 Å². The second-order valence-electron chi connectivity index (χ2n) is 9.05. The van der Waals surface area contributed by atoms with E-state index in [0.29, 0.717) is 19.4 Å². The smallest absolute Gasteiger partial charge is 0.244 e. The van der Waals surface area contributed by atoms with Gasteiger partial charge >= 0.3 is 0 Å². The molecular weight excluding hydrogens is 446 g/mol. The lowest BCUT2D eigenvalue weighted by atomic mass is 9.92. The number of hydrogen-bond acceptors (Lipinski definition) is 5. The zero-order valence-electron chi connectivity index (χ0n) is 20.1. The third kappa shape index (κ3) is 7.65. The lowest BCUT2D eigenvalue weighted by Crippen LogP contribution is -2.50. The highest BCUT2D eigenvalue weighted by Gasteiger charge is 2.28. The lowest BCUT2D eigenvalue weighted by Gasteiger charge is -2.23. The number of aromatic nitrogens is 2. The number of rotatable bonds is 12. The average Bonchev–Trinajstić information content (AvgIpc) is 3.26. The molecule has 0 saturated heterocycles. The van der Waals surface area contributed by atoms with Crippen LogP contribution < -0.4 is 16.1 Å². The summed E-state index contributed by atoms with van der Waals surface area (Å²) in [6.45, 7) is 4.27. The van der Waals surface area contributed by atoms with E-state index in [2.05, 4.69) is 20.6 Å². The fraction of sp³-hybridized carbons (Fsp3) is 0.385. The predicted molar refractivity (Wildman–Crippen MR) is 132 cm³/mol. The monoisotopic (exact) mass is 479 g/mol. The van der Waals surface area contributed by atoms with Gasteiger partial charge in [0.25, 0.3) is 0 Å². The van der Waals surface area contributed by atoms with Crippen LogP contribution in [0.4, 0.5) is 0 Å². The Hall–Kier alpha value is -3.72. The Balaban J connectivity index is 1.75. The third-order valence-corrected chi connectivity index (χ3v) is 5.82. The van der Waals surface area contributed by atoms with Crippen LogP contribution in [0.1, 0.15) is 37.9 Å². The molecule has 3 rings (SSSR count). The number of amides is 3. The van der Waals surface area contributed by atoms with Gasteiger partial charge in [0.15, 0.2) is 0 Å². The fourth-order valence-electron chi connectivity index (χ4n) is 4.12. The number of fused-ring (bicyclic) bond motifs is 1. The van der Waals surface area contributed by atoms with Crippen LogP contribution in [-0.4, -0.2) is 45.5 Å². The molecule has 0 fully saturated rings. The molecule has 3 amide bonds. The molecule has 0 aliphatic rings. The number of H-pyrrole nitrogens is 1. The number of benzene rings is 1. The van der Waals surface area contributed by atoms with Crippen LogP contribution in [0.25, 0.3) is 10.9 Å². The summed E-state index contributed by atoms with van der Waals surface area (Å²) in [5.41, 5.74) is 4.30. The SMILES string of the molecule is CC(C)C[C@H](CC(=O)NO)C(=O)N[C@@H](Cc1c[nH]c2ccccc12)C(=O)NCCc1ccccn1. The molecule has 9 heteroatoms. The van der Waals surface area contributed by atoms with Gasteiger partial charge in [0.2, 0.25) is 17.7 Å². The number of hydroxylamine groups is 1. The summed E-state index contributed by atoms with van der Waals surface area (Å²) >= 11 is 0. The van der Waals surface area contributed by atoms with Crippen molar-refractivity contribution < 1.29 is 19.6 Å². The van der Waals surface area contributed by atoms with E-state index in [9.17, 15) is 14.4 Å². The molecule has 0 aliphatic heterocycles. The summed E-state index contributed by atoms with van der Waals surface area (Å²) in [5.74, 6) is -1.87. The van der Waals surface area contributed by atoms with E-state index in [1.165, 1.54) is 0 Å². The summed E-state index contributed by atoms with van der Waals surface area (Å²) in [6, 6.07) is 12.5. The van der Waals surface area contributed by atoms with Crippen LogP contribution >= 0.6 is 0 Å². The first-order chi connectivity index (χ1) is 16.9. The van der Waals surface area contributed by atoms with Crippen LogP contribution in [0.5, 0.6) is 0 Å². The van der Waals surface area contributed by atoms with Gasteiger partial charge in [-0.2, -0.15) is 0 Å². The van der Waals surface area contributed by atoms with Gasteiger partial charge in [-0.15, -0.1) is 0 Å². The summed E-state index contributed by atoms with van der Waals surface area (Å²) in [4.78, 5) is 45.6. The summed E-state index contributed by atoms with van der Waals surface area (Å²) in [5, 5.41) is 15.7. The van der Waals surface area contributed by atoms with Gasteiger partial charge < -0.3 is 15.6 Å². The highest BCUT2D eigenvalue weighted by molar-refractivity contribution is 5.91. The first-order valence-electron chi connectivity index (χ1n) is 11.8. The maximum absolute atomic E-state index is 13.2. The number of nitrogens with zero attached hydrogens (tertiary/aromatic N) is 1. The van der Waals surface area contributed by atoms with Crippen molar-refractivity contribution in [3.63, 3.8) is 0 Å². The quantitative estimate of drug-likeness (QED) is 0.201. The molecule has 2 heterocycles. The Kier molecular flexibility index (Phi) is 9.37. The summed E-state index contributed by atoms with van der Waals surface area (Å²) in [7, 11) is 0. The van der Waals surface area contributed by atoms with E-state index in [1.54, 1.807) is 11.7 Å². The first-order valence-corrected chi connectivity index (χ1v) is 11.8. The Bertz CT molecular complexity index is 1130. The van der Waals surface area contributed by atoms with Crippen molar-refractivity contribution in [1.82, 2.24) is 26.1 Å². The van der Waals surface area contributed by atoms with Gasteiger partial charge in [-0.3, -0.25) is 24.6 Å². The molecule has 35 heavy (non-hydrogen) atoms. The van der Waals surface area contributed by atoms with Crippen molar-refractivity contribution in [3.05, 3.63) is 66.1 Å². The average molecular weight is 480 g/mol. The van der Waals surface area contributed by atoms with Crippen LogP contribution in [0.2, 0.25) is 0 Å². The summed E-state index contributed by atoms with van der Waals surface area (Å²) < 4.78 is 0. The van der Waals surface area contributed by atoms with Crippen molar-refractivity contribution in [3.8, 4) is 0 Å². The molecule has 0 radical (unpaired) electrons. The zero-order chi connectivity index (χ0) is 25.2. The number of aromatic amines is 1. The van der Waals surface area contributed by atoms with E-state index in [-0.39, 0.29) is 24.7 Å². The largest absolute Gasteiger partial charge is 0.361 e. The molecule has 2 aromatic heterocycles. The molecular formula is C26H33N5O4. The van der Waals surface area contributed by atoms with Gasteiger partial charge in [0.1, 0.15) is 6.04 Å². The Morgan fingerprint density at radius 3 is 2.54 bits per heavy atom. The van der Waals surface area contributed by atoms with Gasteiger partial charge in [-0.25, -0.2) is 5.48 Å². The second-order valence-corrected chi connectivity index (χ2v) is 9.05. The normalized spacial score (nSPS) is 12.8. The molecule has 0 spiro atoms. The van der Waals surface area contributed by atoms with E-state index in [4.69, 9.17) is 5.21 Å². The standard InChI is InChI=1S/C26H33N5O4/c1-17(2)13-18(15-24(32)31-35)25(33)30-23(14-19-16-29-22-9-4-3-8-21(19)22)26(34)28-12-10-20-7-5-6-11-27-20/h3-9,11,16-18,23,29,35H,10,12-15H2,1-2H3,(H,28,34)(H,30,33)(H,31,32)/t18-,23+/m1/s1. The van der Waals surface area contributed by atoms with Gasteiger partial charge in [0, 0.05) is 60.7 Å². The molecule has 1 aromatic carbocycles. The topological polar surface area (TPSA) is 136 Å². The van der Waals surface area contributed by atoms with Gasteiger partial charge in [-0.05, 0) is 36.1 Å². The fourth-order valence-corrected chi connectivity index (χ4v) is 4.12. The molecule has 0 bridgehead atoms. The minimum Gasteiger partial charge on any atom is -0.361 e. The Labute approximate surface area is 204 Å². The van der Waals surface area contributed by atoms with Crippen LogP contribution in [0.3, 0.4) is 0 Å². The molecule has 0 aliphatic carbocycles. The molecule has 2 atom stereocenters. The molecule has 5 N–H and O–H groups in total. The molecule has 0 unspecified atom stereocenters. The van der Waals surface area contributed by atoms with E-state index in [1.807, 2.05) is 62.5 Å². The van der Waals surface area contributed by atoms with Crippen LogP contribution in [-0.2, 0) is 27.2 Å². The molecule has 3 aromatic rings. The number of pyridine rings is 1. The number of para-hydroxylation sites is 1. The maximum Gasteiger partial charge on any atom is 0.244 e. The van der Waals surface area contributed by atoms with Crippen LogP contribution in [0.15, 0.2) is 54.9 Å². The molecule has 186 valence electrons. The summed E-state index contributed by atoms with van der Waals surface area (Å²) in [6.07, 6.45) is 4.67. The lowest BCUT2D eigenvalue weighted by molar-refractivity contribution is -0.136.